The summed E-state index contributed by atoms with van der Waals surface area (Å²) in [7, 11) is 0. The number of carbonyl (C=O) groups is 2. The third-order valence-corrected chi connectivity index (χ3v) is 8.16. The molecular formula is C30H30ClN7O5. The maximum atomic E-state index is 13.0. The third kappa shape index (κ3) is 5.10. The van der Waals surface area contributed by atoms with Gasteiger partial charge in [-0.3, -0.25) is 9.36 Å². The third-order valence-electron chi connectivity index (χ3n) is 7.99. The second-order valence-corrected chi connectivity index (χ2v) is 11.5. The number of hydrogen-bond acceptors (Lipinski definition) is 9. The highest BCUT2D eigenvalue weighted by atomic mass is 35.5. The van der Waals surface area contributed by atoms with Crippen LogP contribution in [0.3, 0.4) is 0 Å². The number of rotatable bonds is 8. The molecule has 3 aliphatic heterocycles. The Kier molecular flexibility index (Phi) is 7.01. The van der Waals surface area contributed by atoms with Crippen LogP contribution in [0.1, 0.15) is 37.1 Å². The van der Waals surface area contributed by atoms with Crippen molar-refractivity contribution in [3.63, 3.8) is 0 Å². The number of hydrogen-bond donors (Lipinski definition) is 2. The topological polar surface area (TPSA) is 133 Å². The van der Waals surface area contributed by atoms with Crippen LogP contribution in [-0.4, -0.2) is 80.2 Å². The normalized spacial score (nSPS) is 23.6. The molecular weight excluding hydrogens is 574 g/mol. The Hall–Kier alpha value is -4.10. The second kappa shape index (κ2) is 10.9. The van der Waals surface area contributed by atoms with E-state index in [0.717, 1.165) is 16.0 Å². The van der Waals surface area contributed by atoms with E-state index in [4.69, 9.17) is 25.8 Å². The fourth-order valence-corrected chi connectivity index (χ4v) is 6.33. The quantitative estimate of drug-likeness (QED) is 0.228. The van der Waals surface area contributed by atoms with Crippen LogP contribution in [0.5, 0.6) is 0 Å². The van der Waals surface area contributed by atoms with Crippen LogP contribution in [0.4, 0.5) is 10.6 Å². The van der Waals surface area contributed by atoms with E-state index in [1.807, 2.05) is 50.2 Å². The number of ether oxygens (including phenoxy) is 3. The number of aromatic nitrogens is 4. The molecule has 5 heterocycles. The average Bonchev–Trinajstić information content (AvgIpc) is 3.74. The van der Waals surface area contributed by atoms with Crippen LogP contribution >= 0.6 is 11.6 Å². The molecule has 1 unspecified atom stereocenters. The molecule has 2 aromatic carbocycles. The molecule has 3 fully saturated rings. The maximum Gasteiger partial charge on any atom is 0.326 e. The van der Waals surface area contributed by atoms with Crippen LogP contribution in [0.25, 0.3) is 11.2 Å². The van der Waals surface area contributed by atoms with Crippen molar-refractivity contribution in [1.82, 2.24) is 29.7 Å². The summed E-state index contributed by atoms with van der Waals surface area (Å²) in [5, 5.41) is 6.02. The van der Waals surface area contributed by atoms with Crippen LogP contribution in [0.2, 0.25) is 5.28 Å². The number of nitrogens with zero attached hydrogens (tertiary/aromatic N) is 5. The van der Waals surface area contributed by atoms with Gasteiger partial charge in [0.1, 0.15) is 24.5 Å². The Morgan fingerprint density at radius 1 is 1.05 bits per heavy atom. The number of carbonyl (C=O) groups excluding carboxylic acids is 2. The standard InChI is InChI=1S/C30H30ClN7O5/c1-30(2)42-20-15-41-24(23(20)43-30)27(38-21(39)14-33-29(38)40)37-16-34-22-25(35-28(31)36-26(22)37)32-13-19(17-9-5-3-6-10-17)18-11-7-4-8-12-18/h3-12,16,19-20,23-24,27H,13-15H2,1-2H3,(H,33,40)(H,32,35,36)/t20-,23+,24+,27?/m1/s1. The summed E-state index contributed by atoms with van der Waals surface area (Å²) in [6.45, 7) is 4.25. The first-order valence-corrected chi connectivity index (χ1v) is 14.5. The van der Waals surface area contributed by atoms with Gasteiger partial charge in [0, 0.05) is 12.5 Å². The monoisotopic (exact) mass is 603 g/mol. The number of imide groups is 1. The van der Waals surface area contributed by atoms with E-state index in [1.165, 1.54) is 6.33 Å². The molecule has 4 aromatic rings. The number of imidazole rings is 1. The molecule has 13 heteroatoms. The van der Waals surface area contributed by atoms with E-state index >= 15 is 0 Å². The lowest BCUT2D eigenvalue weighted by Crippen LogP contribution is -2.48. The van der Waals surface area contributed by atoms with Crippen LogP contribution < -0.4 is 10.6 Å². The fourth-order valence-electron chi connectivity index (χ4n) is 6.16. The van der Waals surface area contributed by atoms with Crippen LogP contribution in [0, 0.1) is 0 Å². The molecule has 43 heavy (non-hydrogen) atoms. The Balaban J connectivity index is 1.26. The summed E-state index contributed by atoms with van der Waals surface area (Å²) < 4.78 is 19.9. The zero-order valence-corrected chi connectivity index (χ0v) is 24.3. The fraction of sp³-hybridized carbons (Fsp3) is 0.367. The molecule has 3 amide bonds. The predicted molar refractivity (Wildman–Crippen MR) is 156 cm³/mol. The highest BCUT2D eigenvalue weighted by Crippen LogP contribution is 2.41. The van der Waals surface area contributed by atoms with Crippen molar-refractivity contribution in [3.8, 4) is 0 Å². The summed E-state index contributed by atoms with van der Waals surface area (Å²) in [6, 6.07) is 19.8. The van der Waals surface area contributed by atoms with E-state index in [1.54, 1.807) is 4.57 Å². The Morgan fingerprint density at radius 3 is 2.40 bits per heavy atom. The number of benzene rings is 2. The molecule has 3 aliphatic rings. The van der Waals surface area contributed by atoms with Crippen LogP contribution in [-0.2, 0) is 19.0 Å². The molecule has 12 nitrogen and oxygen atoms in total. The lowest BCUT2D eigenvalue weighted by molar-refractivity contribution is -0.183. The Labute approximate surface area is 252 Å². The van der Waals surface area contributed by atoms with Gasteiger partial charge < -0.3 is 24.8 Å². The molecule has 0 saturated carbocycles. The van der Waals surface area contributed by atoms with Crippen molar-refractivity contribution in [2.24, 2.45) is 0 Å². The first-order chi connectivity index (χ1) is 20.8. The zero-order valence-electron chi connectivity index (χ0n) is 23.5. The minimum atomic E-state index is -0.965. The molecule has 0 spiro atoms. The van der Waals surface area contributed by atoms with Crippen molar-refractivity contribution in [2.45, 2.75) is 50.0 Å². The molecule has 2 N–H and O–H groups in total. The number of amides is 3. The van der Waals surface area contributed by atoms with E-state index in [-0.39, 0.29) is 30.5 Å². The van der Waals surface area contributed by atoms with E-state index in [9.17, 15) is 9.59 Å². The first-order valence-electron chi connectivity index (χ1n) is 14.1. The smallest absolute Gasteiger partial charge is 0.326 e. The number of fused-ring (bicyclic) bond motifs is 2. The van der Waals surface area contributed by atoms with Gasteiger partial charge in [0.05, 0.1) is 19.5 Å². The highest BCUT2D eigenvalue weighted by molar-refractivity contribution is 6.28. The molecule has 222 valence electrons. The van der Waals surface area contributed by atoms with Crippen molar-refractivity contribution >= 4 is 40.5 Å². The van der Waals surface area contributed by atoms with Crippen molar-refractivity contribution in [1.29, 1.82) is 0 Å². The summed E-state index contributed by atoms with van der Waals surface area (Å²) in [4.78, 5) is 40.7. The van der Waals surface area contributed by atoms with Gasteiger partial charge in [-0.1, -0.05) is 60.7 Å². The van der Waals surface area contributed by atoms with Gasteiger partial charge in [-0.25, -0.2) is 14.7 Å². The van der Waals surface area contributed by atoms with Gasteiger partial charge in [0.25, 0.3) is 5.91 Å². The number of halogens is 1. The molecule has 0 aliphatic carbocycles. The Morgan fingerprint density at radius 2 is 1.74 bits per heavy atom. The first kappa shape index (κ1) is 27.7. The largest absolute Gasteiger partial charge is 0.368 e. The molecule has 7 rings (SSSR count). The van der Waals surface area contributed by atoms with Crippen molar-refractivity contribution in [2.75, 3.05) is 25.0 Å². The number of nitrogens with one attached hydrogen (secondary N) is 2. The van der Waals surface area contributed by atoms with E-state index < -0.39 is 36.1 Å². The lowest BCUT2D eigenvalue weighted by atomic mass is 9.91. The number of anilines is 1. The van der Waals surface area contributed by atoms with Crippen molar-refractivity contribution < 1.29 is 23.8 Å². The van der Waals surface area contributed by atoms with Crippen molar-refractivity contribution in [3.05, 3.63) is 83.4 Å². The summed E-state index contributed by atoms with van der Waals surface area (Å²) in [5.41, 5.74) is 3.04. The number of urea groups is 1. The molecule has 3 saturated heterocycles. The zero-order chi connectivity index (χ0) is 29.7. The maximum absolute atomic E-state index is 13.0. The van der Waals surface area contributed by atoms with Gasteiger partial charge in [0.2, 0.25) is 5.28 Å². The molecule has 0 bridgehead atoms. The van der Waals surface area contributed by atoms with Gasteiger partial charge >= 0.3 is 6.03 Å². The lowest BCUT2D eigenvalue weighted by Gasteiger charge is -2.33. The minimum absolute atomic E-state index is 0.0126. The van der Waals surface area contributed by atoms with Crippen LogP contribution in [0.15, 0.2) is 67.0 Å². The van der Waals surface area contributed by atoms with Gasteiger partial charge in [-0.2, -0.15) is 9.97 Å². The molecule has 4 atom stereocenters. The predicted octanol–water partition coefficient (Wildman–Crippen LogP) is 3.69. The average molecular weight is 604 g/mol. The van der Waals surface area contributed by atoms with E-state index in [0.29, 0.717) is 23.5 Å². The summed E-state index contributed by atoms with van der Waals surface area (Å²) in [5.74, 6) is -0.812. The van der Waals surface area contributed by atoms with Gasteiger partial charge in [-0.15, -0.1) is 0 Å². The Bertz CT molecular complexity index is 1610. The summed E-state index contributed by atoms with van der Waals surface area (Å²) in [6.07, 6.45) is -1.09. The highest BCUT2D eigenvalue weighted by Gasteiger charge is 2.56. The second-order valence-electron chi connectivity index (χ2n) is 11.2. The van der Waals surface area contributed by atoms with E-state index in [2.05, 4.69) is 49.9 Å². The SMILES string of the molecule is CC1(C)O[C@@H]2[C@@H](C(N3C(=O)CNC3=O)n3cnc4c(NCC(c5ccccc5)c5ccccc5)nc(Cl)nc43)OC[C@H]2O1. The minimum Gasteiger partial charge on any atom is -0.368 e. The van der Waals surface area contributed by atoms with Gasteiger partial charge in [-0.05, 0) is 36.6 Å². The summed E-state index contributed by atoms with van der Waals surface area (Å²) >= 11 is 6.47. The molecule has 0 radical (unpaired) electrons. The van der Waals surface area contributed by atoms with Gasteiger partial charge in [0.15, 0.2) is 22.8 Å². The molecule has 2 aromatic heterocycles.